The Morgan fingerprint density at radius 2 is 1.84 bits per heavy atom. The molecule has 1 aromatic heterocycles. The Kier molecular flexibility index (Phi) is 6.26. The van der Waals surface area contributed by atoms with Gasteiger partial charge in [-0.25, -0.2) is 13.1 Å². The molecule has 2 N–H and O–H groups in total. The molecule has 162 valence electrons. The summed E-state index contributed by atoms with van der Waals surface area (Å²) in [6.45, 7) is 2.91. The lowest BCUT2D eigenvalue weighted by Gasteiger charge is -2.14. The number of anilines is 1. The van der Waals surface area contributed by atoms with Crippen LogP contribution >= 0.6 is 11.3 Å². The smallest absolute Gasteiger partial charge is 0.255 e. The third-order valence-corrected chi connectivity index (χ3v) is 7.31. The standard InChI is InChI=1S/C22H22N2O5S2/c1-15(21-7-3-12-30-21)24-31(26,27)18-6-2-5-16(13-18)22(25)23-17-8-9-19-20(14-17)29-11-4-10-28-19/h2-3,5-9,12-15,24H,4,10-11H2,1H3,(H,23,25). The van der Waals surface area contributed by atoms with Crippen molar-refractivity contribution in [1.29, 1.82) is 0 Å². The summed E-state index contributed by atoms with van der Waals surface area (Å²) < 4.78 is 39.5. The fraction of sp³-hybridized carbons (Fsp3) is 0.227. The van der Waals surface area contributed by atoms with Crippen LogP contribution in [0.2, 0.25) is 0 Å². The van der Waals surface area contributed by atoms with Crippen LogP contribution in [0.4, 0.5) is 5.69 Å². The van der Waals surface area contributed by atoms with E-state index in [-0.39, 0.29) is 16.5 Å². The number of fused-ring (bicyclic) bond motifs is 1. The molecule has 1 amide bonds. The lowest BCUT2D eigenvalue weighted by molar-refractivity contribution is 0.102. The summed E-state index contributed by atoms with van der Waals surface area (Å²) in [5, 5.41) is 4.68. The number of benzene rings is 2. The summed E-state index contributed by atoms with van der Waals surface area (Å²) >= 11 is 1.48. The van der Waals surface area contributed by atoms with E-state index in [0.717, 1.165) is 11.3 Å². The Morgan fingerprint density at radius 1 is 1.03 bits per heavy atom. The van der Waals surface area contributed by atoms with Gasteiger partial charge in [0.2, 0.25) is 10.0 Å². The molecule has 1 aliphatic rings. The molecule has 0 aliphatic carbocycles. The molecule has 31 heavy (non-hydrogen) atoms. The van der Waals surface area contributed by atoms with Crippen molar-refractivity contribution in [1.82, 2.24) is 4.72 Å². The van der Waals surface area contributed by atoms with Crippen LogP contribution in [0.3, 0.4) is 0 Å². The Morgan fingerprint density at radius 3 is 2.61 bits per heavy atom. The number of sulfonamides is 1. The fourth-order valence-electron chi connectivity index (χ4n) is 3.15. The molecule has 4 rings (SSSR count). The molecule has 1 unspecified atom stereocenters. The lowest BCUT2D eigenvalue weighted by Crippen LogP contribution is -2.26. The molecule has 2 aromatic carbocycles. The largest absolute Gasteiger partial charge is 0.490 e. The van der Waals surface area contributed by atoms with Crippen molar-refractivity contribution in [2.75, 3.05) is 18.5 Å². The molecular weight excluding hydrogens is 436 g/mol. The Balaban J connectivity index is 1.50. The van der Waals surface area contributed by atoms with Gasteiger partial charge in [0.15, 0.2) is 11.5 Å². The van der Waals surface area contributed by atoms with Crippen molar-refractivity contribution in [2.45, 2.75) is 24.3 Å². The first-order valence-electron chi connectivity index (χ1n) is 9.79. The number of nitrogens with one attached hydrogen (secondary N) is 2. The second-order valence-corrected chi connectivity index (χ2v) is 9.75. The molecule has 2 heterocycles. The summed E-state index contributed by atoms with van der Waals surface area (Å²) in [6.07, 6.45) is 0.788. The monoisotopic (exact) mass is 458 g/mol. The predicted molar refractivity (Wildman–Crippen MR) is 119 cm³/mol. The van der Waals surface area contributed by atoms with E-state index in [1.54, 1.807) is 37.3 Å². The van der Waals surface area contributed by atoms with E-state index in [4.69, 9.17) is 9.47 Å². The zero-order chi connectivity index (χ0) is 21.8. The summed E-state index contributed by atoms with van der Waals surface area (Å²) in [5.74, 6) is 0.783. The molecule has 3 aromatic rings. The van der Waals surface area contributed by atoms with E-state index in [9.17, 15) is 13.2 Å². The zero-order valence-electron chi connectivity index (χ0n) is 16.8. The van der Waals surface area contributed by atoms with E-state index >= 15 is 0 Å². The van der Waals surface area contributed by atoms with E-state index in [2.05, 4.69) is 10.0 Å². The first kappa shape index (κ1) is 21.4. The quantitative estimate of drug-likeness (QED) is 0.577. The summed E-state index contributed by atoms with van der Waals surface area (Å²) in [7, 11) is -3.79. The van der Waals surface area contributed by atoms with Crippen LogP contribution in [0.5, 0.6) is 11.5 Å². The number of carbonyl (C=O) groups is 1. The molecule has 0 saturated heterocycles. The number of carbonyl (C=O) groups excluding carboxylic acids is 1. The first-order valence-corrected chi connectivity index (χ1v) is 12.2. The fourth-order valence-corrected chi connectivity index (χ4v) is 5.22. The number of thiophene rings is 1. The van der Waals surface area contributed by atoms with Crippen LogP contribution in [0, 0.1) is 0 Å². The van der Waals surface area contributed by atoms with Crippen LogP contribution in [0.1, 0.15) is 34.6 Å². The van der Waals surface area contributed by atoms with Gasteiger partial charge in [-0.2, -0.15) is 0 Å². The summed E-state index contributed by atoms with van der Waals surface area (Å²) in [5.41, 5.74) is 0.769. The zero-order valence-corrected chi connectivity index (χ0v) is 18.5. The molecule has 9 heteroatoms. The van der Waals surface area contributed by atoms with Crippen molar-refractivity contribution in [2.24, 2.45) is 0 Å². The summed E-state index contributed by atoms with van der Waals surface area (Å²) in [4.78, 5) is 13.7. The van der Waals surface area contributed by atoms with Crippen LogP contribution in [-0.2, 0) is 10.0 Å². The number of hydrogen-bond donors (Lipinski definition) is 2. The van der Waals surface area contributed by atoms with Gasteiger partial charge in [0.25, 0.3) is 5.91 Å². The number of rotatable bonds is 6. The van der Waals surface area contributed by atoms with E-state index < -0.39 is 15.9 Å². The highest BCUT2D eigenvalue weighted by molar-refractivity contribution is 7.89. The molecule has 0 spiro atoms. The predicted octanol–water partition coefficient (Wildman–Crippen LogP) is 4.20. The van der Waals surface area contributed by atoms with Crippen molar-refractivity contribution in [3.8, 4) is 11.5 Å². The van der Waals surface area contributed by atoms with Gasteiger partial charge in [-0.15, -0.1) is 11.3 Å². The van der Waals surface area contributed by atoms with Gasteiger partial charge in [0.05, 0.1) is 24.2 Å². The number of ether oxygens (including phenoxy) is 2. The molecule has 1 atom stereocenters. The maximum absolute atomic E-state index is 12.8. The molecule has 1 aliphatic heterocycles. The highest BCUT2D eigenvalue weighted by Gasteiger charge is 2.20. The number of hydrogen-bond acceptors (Lipinski definition) is 6. The third-order valence-electron chi connectivity index (χ3n) is 4.71. The van der Waals surface area contributed by atoms with Crippen molar-refractivity contribution in [3.05, 3.63) is 70.4 Å². The third kappa shape index (κ3) is 5.07. The summed E-state index contributed by atoms with van der Waals surface area (Å²) in [6, 6.07) is 14.5. The van der Waals surface area contributed by atoms with E-state index in [1.807, 2.05) is 17.5 Å². The molecule has 0 bridgehead atoms. The van der Waals surface area contributed by atoms with Crippen molar-refractivity contribution < 1.29 is 22.7 Å². The molecule has 0 saturated carbocycles. The minimum atomic E-state index is -3.79. The van der Waals surface area contributed by atoms with Gasteiger partial charge in [-0.05, 0) is 48.7 Å². The highest BCUT2D eigenvalue weighted by Crippen LogP contribution is 2.32. The molecule has 0 fully saturated rings. The van der Waals surface area contributed by atoms with Gasteiger partial charge in [0.1, 0.15) is 0 Å². The lowest BCUT2D eigenvalue weighted by atomic mass is 10.2. The minimum Gasteiger partial charge on any atom is -0.490 e. The second kappa shape index (κ2) is 9.09. The molecular formula is C22H22N2O5S2. The highest BCUT2D eigenvalue weighted by atomic mass is 32.2. The number of amides is 1. The van der Waals surface area contributed by atoms with Gasteiger partial charge in [-0.3, -0.25) is 4.79 Å². The van der Waals surface area contributed by atoms with Crippen molar-refractivity contribution >= 4 is 33.0 Å². The topological polar surface area (TPSA) is 93.7 Å². The Hall–Kier alpha value is -2.88. The second-order valence-electron chi connectivity index (χ2n) is 7.05. The Bertz CT molecular complexity index is 1180. The van der Waals surface area contributed by atoms with Gasteiger partial charge in [-0.1, -0.05) is 12.1 Å². The molecule has 7 nitrogen and oxygen atoms in total. The van der Waals surface area contributed by atoms with E-state index in [1.165, 1.54) is 23.5 Å². The first-order chi connectivity index (χ1) is 14.9. The van der Waals surface area contributed by atoms with Crippen LogP contribution in [-0.4, -0.2) is 27.5 Å². The average Bonchev–Trinajstić information content (AvgIpc) is 3.20. The van der Waals surface area contributed by atoms with Crippen molar-refractivity contribution in [3.63, 3.8) is 0 Å². The van der Waals surface area contributed by atoms with Gasteiger partial charge in [0, 0.05) is 28.6 Å². The average molecular weight is 459 g/mol. The van der Waals surface area contributed by atoms with Crippen LogP contribution in [0.15, 0.2) is 64.9 Å². The van der Waals surface area contributed by atoms with Crippen LogP contribution < -0.4 is 19.5 Å². The minimum absolute atomic E-state index is 0.0298. The molecule has 0 radical (unpaired) electrons. The van der Waals surface area contributed by atoms with Gasteiger partial charge < -0.3 is 14.8 Å². The van der Waals surface area contributed by atoms with Gasteiger partial charge >= 0.3 is 0 Å². The Labute approximate surface area is 185 Å². The normalized spacial score (nSPS) is 14.5. The SMILES string of the molecule is CC(NS(=O)(=O)c1cccc(C(=O)Nc2ccc3c(c2)OCCCO3)c1)c1cccs1. The van der Waals surface area contributed by atoms with E-state index in [0.29, 0.717) is 30.4 Å². The maximum atomic E-state index is 12.8. The maximum Gasteiger partial charge on any atom is 0.255 e. The van der Waals surface area contributed by atoms with Crippen LogP contribution in [0.25, 0.3) is 0 Å².